The van der Waals surface area contributed by atoms with Gasteiger partial charge in [0.25, 0.3) is 0 Å². The molecule has 0 atom stereocenters. The van der Waals surface area contributed by atoms with Crippen LogP contribution in [0.15, 0.2) is 45.9 Å². The first-order valence-corrected chi connectivity index (χ1v) is 9.14. The molecular weight excluding hydrogens is 461 g/mol. The van der Waals surface area contributed by atoms with Crippen molar-refractivity contribution in [3.8, 4) is 11.3 Å². The van der Waals surface area contributed by atoms with Crippen LogP contribution in [0.1, 0.15) is 28.6 Å². The van der Waals surface area contributed by atoms with E-state index in [1.54, 1.807) is 24.5 Å². The second-order valence-corrected chi connectivity index (χ2v) is 6.37. The molecule has 5 nitrogen and oxygen atoms in total. The number of anilines is 1. The maximum absolute atomic E-state index is 13.8. The van der Waals surface area contributed by atoms with E-state index in [9.17, 15) is 35.5 Å². The minimum absolute atomic E-state index is 0.0284. The van der Waals surface area contributed by atoms with Crippen LogP contribution < -0.4 is 5.43 Å². The third kappa shape index (κ3) is 4.99. The summed E-state index contributed by atoms with van der Waals surface area (Å²) in [5.74, 6) is -9.95. The van der Waals surface area contributed by atoms with Gasteiger partial charge >= 0.3 is 12.1 Å². The van der Waals surface area contributed by atoms with Crippen molar-refractivity contribution in [1.82, 2.24) is 0 Å². The van der Waals surface area contributed by atoms with E-state index >= 15 is 0 Å². The first-order chi connectivity index (χ1) is 15.5. The van der Waals surface area contributed by atoms with Gasteiger partial charge in [-0.2, -0.15) is 18.3 Å². The van der Waals surface area contributed by atoms with Crippen LogP contribution in [-0.2, 0) is 10.9 Å². The molecule has 0 saturated carbocycles. The quantitative estimate of drug-likeness (QED) is 0.153. The van der Waals surface area contributed by atoms with Crippen LogP contribution in [0.3, 0.4) is 0 Å². The average Bonchev–Trinajstić information content (AvgIpc) is 3.23. The van der Waals surface area contributed by atoms with Gasteiger partial charge in [-0.3, -0.25) is 5.43 Å². The normalized spacial score (nSPS) is 11.8. The van der Waals surface area contributed by atoms with Crippen molar-refractivity contribution in [2.75, 3.05) is 12.0 Å². The summed E-state index contributed by atoms with van der Waals surface area (Å²) in [5.41, 5.74) is -1.72. The Labute approximate surface area is 181 Å². The number of hydrogen-bond acceptors (Lipinski definition) is 5. The topological polar surface area (TPSA) is 63.8 Å². The maximum atomic E-state index is 13.8. The summed E-state index contributed by atoms with van der Waals surface area (Å²) >= 11 is 0. The Hall–Kier alpha value is -3.83. The molecule has 1 aromatic heterocycles. The Balaban J connectivity index is 1.77. The fourth-order valence-corrected chi connectivity index (χ4v) is 2.70. The third-order valence-corrected chi connectivity index (χ3v) is 4.22. The molecule has 1 N–H and O–H groups in total. The van der Waals surface area contributed by atoms with E-state index < -0.39 is 46.7 Å². The molecule has 0 radical (unpaired) electrons. The number of alkyl halides is 3. The fraction of sp³-hybridized carbons (Fsp3) is 0.143. The van der Waals surface area contributed by atoms with Gasteiger partial charge in [-0.15, -0.1) is 0 Å². The number of ether oxygens (including phenoxy) is 1. The number of halogens is 7. The molecule has 3 rings (SSSR count). The molecule has 3 aromatic rings. The third-order valence-electron chi connectivity index (χ3n) is 4.22. The predicted molar refractivity (Wildman–Crippen MR) is 103 cm³/mol. The van der Waals surface area contributed by atoms with Crippen LogP contribution in [-0.4, -0.2) is 18.8 Å². The van der Waals surface area contributed by atoms with Crippen LogP contribution >= 0.6 is 0 Å². The minimum atomic E-state index is -5.64. The van der Waals surface area contributed by atoms with Crippen molar-refractivity contribution >= 4 is 17.9 Å². The molecule has 1 heterocycles. The number of esters is 1. The number of benzene rings is 2. The lowest BCUT2D eigenvalue weighted by molar-refractivity contribution is -0.143. The minimum Gasteiger partial charge on any atom is -0.462 e. The Kier molecular flexibility index (Phi) is 6.75. The summed E-state index contributed by atoms with van der Waals surface area (Å²) in [6, 6.07) is 9.04. The molecule has 2 aromatic carbocycles. The molecule has 0 bridgehead atoms. The molecule has 12 heteroatoms. The number of furan rings is 1. The summed E-state index contributed by atoms with van der Waals surface area (Å²) in [6.07, 6.45) is -4.76. The van der Waals surface area contributed by atoms with E-state index in [2.05, 4.69) is 5.10 Å². The van der Waals surface area contributed by atoms with Crippen molar-refractivity contribution in [2.45, 2.75) is 13.1 Å². The Bertz CT molecular complexity index is 1170. The summed E-state index contributed by atoms with van der Waals surface area (Å²) < 4.78 is 103. The Morgan fingerprint density at radius 1 is 1.00 bits per heavy atom. The first-order valence-electron chi connectivity index (χ1n) is 9.14. The lowest BCUT2D eigenvalue weighted by Crippen LogP contribution is -2.16. The number of hydrazone groups is 1. The molecule has 0 unspecified atom stereocenters. The van der Waals surface area contributed by atoms with Gasteiger partial charge in [-0.25, -0.2) is 22.4 Å². The van der Waals surface area contributed by atoms with Crippen molar-refractivity contribution in [1.29, 1.82) is 0 Å². The summed E-state index contributed by atoms with van der Waals surface area (Å²) in [5, 5.41) is 3.35. The number of rotatable bonds is 6. The smallest absolute Gasteiger partial charge is 0.422 e. The van der Waals surface area contributed by atoms with Crippen molar-refractivity contribution < 1.29 is 44.7 Å². The van der Waals surface area contributed by atoms with Crippen LogP contribution in [0.4, 0.5) is 36.4 Å². The van der Waals surface area contributed by atoms with Crippen molar-refractivity contribution in [3.63, 3.8) is 0 Å². The standard InChI is InChI=1S/C21H13F7N2O3/c1-2-32-20(31)11-5-3-10(4-6-11)13-8-7-12(33-13)9-29-30-19-17(24)15(22)14(21(26,27)28)16(23)18(19)25/h3-9,30H,2H2,1H3/b29-9-. The Morgan fingerprint density at radius 2 is 1.61 bits per heavy atom. The van der Waals surface area contributed by atoms with Gasteiger partial charge in [0, 0.05) is 5.56 Å². The van der Waals surface area contributed by atoms with Crippen LogP contribution in [0.25, 0.3) is 11.3 Å². The highest BCUT2D eigenvalue weighted by molar-refractivity contribution is 5.90. The van der Waals surface area contributed by atoms with E-state index in [1.165, 1.54) is 24.3 Å². The largest absolute Gasteiger partial charge is 0.462 e. The van der Waals surface area contributed by atoms with E-state index in [-0.39, 0.29) is 12.4 Å². The molecule has 0 aliphatic carbocycles. The molecule has 0 spiro atoms. The van der Waals surface area contributed by atoms with Crippen LogP contribution in [0.2, 0.25) is 0 Å². The lowest BCUT2D eigenvalue weighted by atomic mass is 10.1. The second kappa shape index (κ2) is 9.35. The van der Waals surface area contributed by atoms with Crippen molar-refractivity contribution in [2.24, 2.45) is 5.10 Å². The van der Waals surface area contributed by atoms with Gasteiger partial charge in [0.2, 0.25) is 0 Å². The average molecular weight is 474 g/mol. The second-order valence-electron chi connectivity index (χ2n) is 6.37. The Morgan fingerprint density at radius 3 is 2.15 bits per heavy atom. The van der Waals surface area contributed by atoms with Crippen LogP contribution in [0, 0.1) is 23.3 Å². The van der Waals surface area contributed by atoms with Crippen LogP contribution in [0.5, 0.6) is 0 Å². The monoisotopic (exact) mass is 474 g/mol. The summed E-state index contributed by atoms with van der Waals surface area (Å²) in [4.78, 5) is 11.7. The summed E-state index contributed by atoms with van der Waals surface area (Å²) in [6.45, 7) is 1.88. The van der Waals surface area contributed by atoms with Gasteiger partial charge in [0.15, 0.2) is 23.3 Å². The zero-order valence-corrected chi connectivity index (χ0v) is 16.6. The molecule has 0 fully saturated rings. The number of hydrogen-bond donors (Lipinski definition) is 1. The highest BCUT2D eigenvalue weighted by Crippen LogP contribution is 2.38. The first kappa shape index (κ1) is 23.8. The highest BCUT2D eigenvalue weighted by atomic mass is 19.4. The molecule has 0 saturated heterocycles. The predicted octanol–water partition coefficient (Wildman–Crippen LogP) is 6.14. The van der Waals surface area contributed by atoms with Gasteiger partial charge in [-0.05, 0) is 31.2 Å². The molecule has 33 heavy (non-hydrogen) atoms. The zero-order valence-electron chi connectivity index (χ0n) is 16.6. The zero-order chi connectivity index (χ0) is 24.3. The lowest BCUT2D eigenvalue weighted by Gasteiger charge is -2.13. The molecule has 0 amide bonds. The summed E-state index contributed by atoms with van der Waals surface area (Å²) in [7, 11) is 0. The molecular formula is C21H13F7N2O3. The fourth-order valence-electron chi connectivity index (χ4n) is 2.70. The van der Waals surface area contributed by atoms with Gasteiger partial charge in [0.05, 0.1) is 18.4 Å². The van der Waals surface area contributed by atoms with E-state index in [0.29, 0.717) is 16.9 Å². The highest BCUT2D eigenvalue weighted by Gasteiger charge is 2.42. The van der Waals surface area contributed by atoms with E-state index in [4.69, 9.17) is 9.15 Å². The molecule has 0 aliphatic rings. The van der Waals surface area contributed by atoms with Gasteiger partial charge < -0.3 is 9.15 Å². The molecule has 174 valence electrons. The van der Waals surface area contributed by atoms with Crippen molar-refractivity contribution in [3.05, 3.63) is 76.6 Å². The van der Waals surface area contributed by atoms with Gasteiger partial charge in [-0.1, -0.05) is 12.1 Å². The van der Waals surface area contributed by atoms with Gasteiger partial charge in [0.1, 0.15) is 22.8 Å². The maximum Gasteiger partial charge on any atom is 0.422 e. The van der Waals surface area contributed by atoms with E-state index in [1.807, 2.05) is 0 Å². The van der Waals surface area contributed by atoms with E-state index in [0.717, 1.165) is 6.21 Å². The number of carbonyl (C=O) groups is 1. The molecule has 0 aliphatic heterocycles. The number of carbonyl (C=O) groups excluding carboxylic acids is 1. The SMILES string of the molecule is CCOC(=O)c1ccc(-c2ccc(/C=N\Nc3c(F)c(F)c(C(F)(F)F)c(F)c3F)o2)cc1. The number of nitrogens with one attached hydrogen (secondary N) is 1. The number of nitrogens with zero attached hydrogens (tertiary/aromatic N) is 1.